The van der Waals surface area contributed by atoms with E-state index in [1.807, 2.05) is 12.1 Å². The van der Waals surface area contributed by atoms with Gasteiger partial charge in [0, 0.05) is 23.0 Å². The number of halogens is 4. The third-order valence-corrected chi connectivity index (χ3v) is 5.91. The minimum absolute atomic E-state index is 0.0608. The third kappa shape index (κ3) is 4.34. The molecule has 10 heteroatoms. The lowest BCUT2D eigenvalue weighted by molar-refractivity contribution is -0.141. The van der Waals surface area contributed by atoms with Crippen LogP contribution in [0.4, 0.5) is 13.2 Å². The largest absolute Gasteiger partial charge is 0.433 e. The predicted octanol–water partition coefficient (Wildman–Crippen LogP) is 5.82. The van der Waals surface area contributed by atoms with Gasteiger partial charge in [-0.2, -0.15) is 18.4 Å². The summed E-state index contributed by atoms with van der Waals surface area (Å²) >= 11 is 6.06. The van der Waals surface area contributed by atoms with E-state index in [9.17, 15) is 23.2 Å². The van der Waals surface area contributed by atoms with Gasteiger partial charge in [0.15, 0.2) is 5.65 Å². The number of nitrogens with zero attached hydrogens (tertiary/aromatic N) is 5. The maximum absolute atomic E-state index is 13.1. The Kier molecular flexibility index (Phi) is 5.82. The zero-order valence-electron chi connectivity index (χ0n) is 18.4. The second kappa shape index (κ2) is 8.98. The van der Waals surface area contributed by atoms with E-state index >= 15 is 0 Å². The van der Waals surface area contributed by atoms with E-state index in [0.29, 0.717) is 27.4 Å². The molecule has 0 spiro atoms. The fraction of sp³-hybridized carbons (Fsp3) is 0.0769. The van der Waals surface area contributed by atoms with Gasteiger partial charge in [0.1, 0.15) is 5.69 Å². The standard InChI is InChI=1S/C26H15ClF3N5O/c27-20-8-6-18(7-9-20)21-11-12-34-24(23(21)19-4-1-16(13-31)2-5-19)33-35(25(34)36)15-17-3-10-22(32-14-17)26(28,29)30/h1-12,14H,15H2. The van der Waals surface area contributed by atoms with Crippen molar-refractivity contribution < 1.29 is 13.2 Å². The normalized spacial score (nSPS) is 11.5. The minimum Gasteiger partial charge on any atom is -0.251 e. The highest BCUT2D eigenvalue weighted by Crippen LogP contribution is 2.35. The second-order valence-electron chi connectivity index (χ2n) is 7.98. The first-order valence-corrected chi connectivity index (χ1v) is 11.0. The Bertz CT molecular complexity index is 1660. The number of hydrogen-bond acceptors (Lipinski definition) is 4. The van der Waals surface area contributed by atoms with Gasteiger partial charge in [-0.3, -0.25) is 4.98 Å². The van der Waals surface area contributed by atoms with Gasteiger partial charge in [-0.15, -0.1) is 5.10 Å². The summed E-state index contributed by atoms with van der Waals surface area (Å²) in [5.74, 6) is 0. The number of hydrogen-bond donors (Lipinski definition) is 0. The number of alkyl halides is 3. The molecule has 2 aromatic carbocycles. The number of aromatic nitrogens is 4. The molecular weight excluding hydrogens is 491 g/mol. The van der Waals surface area contributed by atoms with Crippen LogP contribution in [0.5, 0.6) is 0 Å². The first-order chi connectivity index (χ1) is 17.2. The van der Waals surface area contributed by atoms with Crippen LogP contribution in [0.3, 0.4) is 0 Å². The lowest BCUT2D eigenvalue weighted by atomic mass is 9.95. The summed E-state index contributed by atoms with van der Waals surface area (Å²) in [6.45, 7) is -0.0608. The van der Waals surface area contributed by atoms with Gasteiger partial charge in [0.05, 0.1) is 18.2 Å². The number of pyridine rings is 2. The van der Waals surface area contributed by atoms with Gasteiger partial charge in [0.25, 0.3) is 0 Å². The molecule has 0 aliphatic heterocycles. The fourth-order valence-electron chi connectivity index (χ4n) is 3.91. The first kappa shape index (κ1) is 23.3. The Morgan fingerprint density at radius 3 is 2.25 bits per heavy atom. The zero-order valence-corrected chi connectivity index (χ0v) is 19.1. The monoisotopic (exact) mass is 505 g/mol. The molecule has 3 heterocycles. The lowest BCUT2D eigenvalue weighted by Gasteiger charge is -2.11. The highest BCUT2D eigenvalue weighted by atomic mass is 35.5. The van der Waals surface area contributed by atoms with Crippen molar-refractivity contribution in [3.8, 4) is 28.3 Å². The van der Waals surface area contributed by atoms with Crippen LogP contribution in [0, 0.1) is 11.3 Å². The Morgan fingerprint density at radius 1 is 0.944 bits per heavy atom. The molecule has 0 radical (unpaired) electrons. The molecular formula is C26H15ClF3N5O. The summed E-state index contributed by atoms with van der Waals surface area (Å²) in [4.78, 5) is 16.6. The van der Waals surface area contributed by atoms with Crippen LogP contribution < -0.4 is 5.69 Å². The smallest absolute Gasteiger partial charge is 0.251 e. The molecule has 0 N–H and O–H groups in total. The Labute approximate surface area is 207 Å². The van der Waals surface area contributed by atoms with E-state index in [2.05, 4.69) is 16.2 Å². The zero-order chi connectivity index (χ0) is 25.4. The molecule has 178 valence electrons. The summed E-state index contributed by atoms with van der Waals surface area (Å²) < 4.78 is 41.1. The molecule has 0 amide bonds. The average molecular weight is 506 g/mol. The molecule has 0 aliphatic carbocycles. The quantitative estimate of drug-likeness (QED) is 0.308. The maximum atomic E-state index is 13.1. The van der Waals surface area contributed by atoms with Crippen molar-refractivity contribution in [2.24, 2.45) is 0 Å². The molecule has 6 nitrogen and oxygen atoms in total. The van der Waals surface area contributed by atoms with Crippen molar-refractivity contribution in [2.45, 2.75) is 12.7 Å². The summed E-state index contributed by atoms with van der Waals surface area (Å²) in [5, 5.41) is 14.3. The topological polar surface area (TPSA) is 76.0 Å². The van der Waals surface area contributed by atoms with Gasteiger partial charge in [-0.1, -0.05) is 41.9 Å². The molecule has 5 aromatic rings. The van der Waals surface area contributed by atoms with Crippen molar-refractivity contribution in [2.75, 3.05) is 0 Å². The molecule has 0 atom stereocenters. The highest BCUT2D eigenvalue weighted by molar-refractivity contribution is 6.30. The Balaban J connectivity index is 1.66. The number of fused-ring (bicyclic) bond motifs is 1. The molecule has 0 bridgehead atoms. The van der Waals surface area contributed by atoms with E-state index in [1.165, 1.54) is 15.1 Å². The van der Waals surface area contributed by atoms with Crippen molar-refractivity contribution >= 4 is 17.2 Å². The summed E-state index contributed by atoms with van der Waals surface area (Å²) in [5.41, 5.74) is 2.79. The van der Waals surface area contributed by atoms with Gasteiger partial charge in [-0.05, 0) is 58.7 Å². The van der Waals surface area contributed by atoms with E-state index < -0.39 is 17.6 Å². The summed E-state index contributed by atoms with van der Waals surface area (Å²) in [6.07, 6.45) is -1.87. The van der Waals surface area contributed by atoms with Gasteiger partial charge < -0.3 is 0 Å². The van der Waals surface area contributed by atoms with Crippen LogP contribution in [-0.2, 0) is 12.7 Å². The fourth-order valence-corrected chi connectivity index (χ4v) is 4.03. The van der Waals surface area contributed by atoms with Crippen LogP contribution in [-0.4, -0.2) is 19.2 Å². The molecule has 36 heavy (non-hydrogen) atoms. The third-order valence-electron chi connectivity index (χ3n) is 5.66. The second-order valence-corrected chi connectivity index (χ2v) is 8.42. The van der Waals surface area contributed by atoms with Gasteiger partial charge >= 0.3 is 11.9 Å². The number of benzene rings is 2. The first-order valence-electron chi connectivity index (χ1n) is 10.7. The van der Waals surface area contributed by atoms with E-state index in [4.69, 9.17) is 11.6 Å². The summed E-state index contributed by atoms with van der Waals surface area (Å²) in [7, 11) is 0. The van der Waals surface area contributed by atoms with Crippen LogP contribution in [0.1, 0.15) is 16.8 Å². The number of nitriles is 1. The molecule has 0 fully saturated rings. The van der Waals surface area contributed by atoms with Gasteiger partial charge in [0.2, 0.25) is 0 Å². The van der Waals surface area contributed by atoms with Crippen molar-refractivity contribution in [3.63, 3.8) is 0 Å². The Hall–Kier alpha value is -4.42. The average Bonchev–Trinajstić information content (AvgIpc) is 3.19. The molecule has 5 rings (SSSR count). The highest BCUT2D eigenvalue weighted by Gasteiger charge is 2.32. The van der Waals surface area contributed by atoms with Crippen LogP contribution in [0.2, 0.25) is 5.02 Å². The Morgan fingerprint density at radius 2 is 1.64 bits per heavy atom. The van der Waals surface area contributed by atoms with Crippen molar-refractivity contribution in [3.05, 3.63) is 111 Å². The predicted molar refractivity (Wildman–Crippen MR) is 128 cm³/mol. The van der Waals surface area contributed by atoms with Gasteiger partial charge in [-0.25, -0.2) is 13.9 Å². The van der Waals surface area contributed by atoms with E-state index in [1.54, 1.807) is 48.7 Å². The number of rotatable bonds is 4. The molecule has 0 saturated heterocycles. The van der Waals surface area contributed by atoms with E-state index in [0.717, 1.165) is 29.0 Å². The summed E-state index contributed by atoms with van der Waals surface area (Å²) in [6, 6.07) is 20.1. The molecule has 0 saturated carbocycles. The van der Waals surface area contributed by atoms with E-state index in [-0.39, 0.29) is 6.54 Å². The molecule has 3 aromatic heterocycles. The van der Waals surface area contributed by atoms with Crippen LogP contribution >= 0.6 is 11.6 Å². The minimum atomic E-state index is -4.55. The van der Waals surface area contributed by atoms with Crippen molar-refractivity contribution in [1.82, 2.24) is 19.2 Å². The maximum Gasteiger partial charge on any atom is 0.433 e. The van der Waals surface area contributed by atoms with Crippen LogP contribution in [0.15, 0.2) is 83.9 Å². The van der Waals surface area contributed by atoms with Crippen LogP contribution in [0.25, 0.3) is 27.9 Å². The van der Waals surface area contributed by atoms with Crippen molar-refractivity contribution in [1.29, 1.82) is 5.26 Å². The molecule has 0 aliphatic rings. The molecule has 0 unspecified atom stereocenters. The lowest BCUT2D eigenvalue weighted by Crippen LogP contribution is -2.21. The SMILES string of the molecule is N#Cc1ccc(-c2c(-c3ccc(Cl)cc3)ccn3c(=O)n(Cc4ccc(C(F)(F)F)nc4)nc23)cc1.